The van der Waals surface area contributed by atoms with Crippen molar-refractivity contribution < 1.29 is 9.66 Å². The SMILES string of the molecule is COc1cccc(CN2CNc3ccc([N+](=O)[O-])cc32)c1. The number of methoxy groups -OCH3 is 1. The second kappa shape index (κ2) is 5.32. The van der Waals surface area contributed by atoms with E-state index in [1.54, 1.807) is 19.2 Å². The quantitative estimate of drug-likeness (QED) is 0.691. The number of nitro benzene ring substituents is 1. The van der Waals surface area contributed by atoms with E-state index in [9.17, 15) is 10.1 Å². The third-order valence-corrected chi connectivity index (χ3v) is 3.50. The number of anilines is 2. The minimum Gasteiger partial charge on any atom is -0.497 e. The maximum atomic E-state index is 10.9. The van der Waals surface area contributed by atoms with Crippen LogP contribution in [0.1, 0.15) is 5.56 Å². The fourth-order valence-corrected chi connectivity index (χ4v) is 2.44. The molecule has 0 aromatic heterocycles. The van der Waals surface area contributed by atoms with E-state index in [1.165, 1.54) is 6.07 Å². The molecule has 2 aromatic rings. The van der Waals surface area contributed by atoms with Crippen LogP contribution in [0.4, 0.5) is 17.1 Å². The average molecular weight is 285 g/mol. The van der Waals surface area contributed by atoms with Crippen molar-refractivity contribution in [2.45, 2.75) is 6.54 Å². The van der Waals surface area contributed by atoms with E-state index in [0.717, 1.165) is 22.7 Å². The van der Waals surface area contributed by atoms with Crippen molar-refractivity contribution in [3.05, 3.63) is 58.1 Å². The first-order valence-electron chi connectivity index (χ1n) is 6.57. The smallest absolute Gasteiger partial charge is 0.271 e. The van der Waals surface area contributed by atoms with E-state index in [1.807, 2.05) is 24.3 Å². The Morgan fingerprint density at radius 3 is 2.95 bits per heavy atom. The standard InChI is InChI=1S/C15H15N3O3/c1-21-13-4-2-3-11(7-13)9-17-10-16-14-6-5-12(18(19)20)8-15(14)17/h2-8,16H,9-10H2,1H3. The summed E-state index contributed by atoms with van der Waals surface area (Å²) in [6.45, 7) is 1.30. The van der Waals surface area contributed by atoms with E-state index in [2.05, 4.69) is 10.2 Å². The van der Waals surface area contributed by atoms with Crippen molar-refractivity contribution in [3.63, 3.8) is 0 Å². The molecule has 0 amide bonds. The minimum absolute atomic E-state index is 0.105. The van der Waals surface area contributed by atoms with Crippen LogP contribution in [0.15, 0.2) is 42.5 Å². The van der Waals surface area contributed by atoms with Crippen LogP contribution in [-0.2, 0) is 6.54 Å². The Morgan fingerprint density at radius 1 is 1.33 bits per heavy atom. The topological polar surface area (TPSA) is 67.6 Å². The molecule has 0 atom stereocenters. The van der Waals surface area contributed by atoms with Crippen LogP contribution in [0.2, 0.25) is 0 Å². The lowest BCUT2D eigenvalue weighted by molar-refractivity contribution is -0.384. The van der Waals surface area contributed by atoms with Gasteiger partial charge in [0.05, 0.1) is 30.1 Å². The summed E-state index contributed by atoms with van der Waals surface area (Å²) < 4.78 is 5.22. The number of hydrogen-bond acceptors (Lipinski definition) is 5. The van der Waals surface area contributed by atoms with Crippen LogP contribution in [0.3, 0.4) is 0 Å². The van der Waals surface area contributed by atoms with Gasteiger partial charge in [0.2, 0.25) is 0 Å². The molecule has 1 aliphatic rings. The number of benzene rings is 2. The van der Waals surface area contributed by atoms with Crippen LogP contribution in [0.5, 0.6) is 5.75 Å². The van der Waals surface area contributed by atoms with Crippen molar-refractivity contribution in [2.75, 3.05) is 24.0 Å². The number of rotatable bonds is 4. The van der Waals surface area contributed by atoms with Gasteiger partial charge < -0.3 is 15.0 Å². The number of hydrogen-bond donors (Lipinski definition) is 1. The highest BCUT2D eigenvalue weighted by molar-refractivity contribution is 5.77. The maximum absolute atomic E-state index is 10.9. The summed E-state index contributed by atoms with van der Waals surface area (Å²) in [6.07, 6.45) is 0. The van der Waals surface area contributed by atoms with E-state index in [0.29, 0.717) is 13.2 Å². The lowest BCUT2D eigenvalue weighted by atomic mass is 10.2. The molecule has 0 unspecified atom stereocenters. The van der Waals surface area contributed by atoms with Gasteiger partial charge in [0.25, 0.3) is 5.69 Å². The third kappa shape index (κ3) is 2.60. The molecule has 0 bridgehead atoms. The number of nitrogens with zero attached hydrogens (tertiary/aromatic N) is 2. The molecule has 6 nitrogen and oxygen atoms in total. The van der Waals surface area contributed by atoms with Gasteiger partial charge in [-0.1, -0.05) is 12.1 Å². The molecule has 108 valence electrons. The number of nitro groups is 1. The van der Waals surface area contributed by atoms with Crippen molar-refractivity contribution >= 4 is 17.1 Å². The summed E-state index contributed by atoms with van der Waals surface area (Å²) in [5, 5.41) is 14.1. The normalized spacial score (nSPS) is 12.7. The minimum atomic E-state index is -0.373. The molecule has 0 spiro atoms. The van der Waals surface area contributed by atoms with Crippen molar-refractivity contribution in [3.8, 4) is 5.75 Å². The maximum Gasteiger partial charge on any atom is 0.271 e. The number of ether oxygens (including phenoxy) is 1. The van der Waals surface area contributed by atoms with Crippen molar-refractivity contribution in [1.29, 1.82) is 0 Å². The molecule has 0 fully saturated rings. The first-order chi connectivity index (χ1) is 10.2. The summed E-state index contributed by atoms with van der Waals surface area (Å²) in [5.41, 5.74) is 2.97. The molecule has 21 heavy (non-hydrogen) atoms. The monoisotopic (exact) mass is 285 g/mol. The van der Waals surface area contributed by atoms with Crippen molar-refractivity contribution in [2.24, 2.45) is 0 Å². The molecule has 0 radical (unpaired) electrons. The third-order valence-electron chi connectivity index (χ3n) is 3.50. The Balaban J connectivity index is 1.86. The first kappa shape index (κ1) is 13.2. The highest BCUT2D eigenvalue weighted by atomic mass is 16.6. The Morgan fingerprint density at radius 2 is 2.19 bits per heavy atom. The zero-order chi connectivity index (χ0) is 14.8. The first-order valence-corrected chi connectivity index (χ1v) is 6.57. The second-order valence-corrected chi connectivity index (χ2v) is 4.84. The fraction of sp³-hybridized carbons (Fsp3) is 0.200. The van der Waals surface area contributed by atoms with Crippen molar-refractivity contribution in [1.82, 2.24) is 0 Å². The van der Waals surface area contributed by atoms with Gasteiger partial charge in [-0.2, -0.15) is 0 Å². The van der Waals surface area contributed by atoms with Gasteiger partial charge in [-0.05, 0) is 23.8 Å². The van der Waals surface area contributed by atoms with Crippen LogP contribution in [-0.4, -0.2) is 18.7 Å². The van der Waals surface area contributed by atoms with Gasteiger partial charge in [-0.15, -0.1) is 0 Å². The van der Waals surface area contributed by atoms with Gasteiger partial charge in [0, 0.05) is 18.7 Å². The Hall–Kier alpha value is -2.76. The van der Waals surface area contributed by atoms with E-state index >= 15 is 0 Å². The largest absolute Gasteiger partial charge is 0.497 e. The highest BCUT2D eigenvalue weighted by Gasteiger charge is 2.21. The van der Waals surface area contributed by atoms with Crippen LogP contribution in [0, 0.1) is 10.1 Å². The summed E-state index contributed by atoms with van der Waals surface area (Å²) in [7, 11) is 1.63. The number of nitrogens with one attached hydrogen (secondary N) is 1. The Bertz CT molecular complexity index is 688. The molecule has 0 aliphatic carbocycles. The predicted molar refractivity (Wildman–Crippen MR) is 80.8 cm³/mol. The zero-order valence-corrected chi connectivity index (χ0v) is 11.6. The van der Waals surface area contributed by atoms with E-state index in [-0.39, 0.29) is 10.6 Å². The lowest BCUT2D eigenvalue weighted by Gasteiger charge is -2.18. The van der Waals surface area contributed by atoms with Gasteiger partial charge in [-0.3, -0.25) is 10.1 Å². The van der Waals surface area contributed by atoms with E-state index in [4.69, 9.17) is 4.74 Å². The predicted octanol–water partition coefficient (Wildman–Crippen LogP) is 2.99. The summed E-state index contributed by atoms with van der Waals surface area (Å²) >= 11 is 0. The highest BCUT2D eigenvalue weighted by Crippen LogP contribution is 2.35. The van der Waals surface area contributed by atoms with E-state index < -0.39 is 0 Å². The summed E-state index contributed by atoms with van der Waals surface area (Å²) in [5.74, 6) is 0.805. The average Bonchev–Trinajstić information content (AvgIpc) is 2.90. The van der Waals surface area contributed by atoms with Gasteiger partial charge in [0.1, 0.15) is 5.75 Å². The second-order valence-electron chi connectivity index (χ2n) is 4.84. The fourth-order valence-electron chi connectivity index (χ4n) is 2.44. The van der Waals surface area contributed by atoms with Gasteiger partial charge in [-0.25, -0.2) is 0 Å². The lowest BCUT2D eigenvalue weighted by Crippen LogP contribution is -2.22. The Kier molecular flexibility index (Phi) is 3.35. The molecule has 3 rings (SSSR count). The molecule has 2 aromatic carbocycles. The molecule has 1 heterocycles. The van der Waals surface area contributed by atoms with Gasteiger partial charge >= 0.3 is 0 Å². The molecule has 6 heteroatoms. The summed E-state index contributed by atoms with van der Waals surface area (Å²) in [6, 6.07) is 12.7. The molecule has 0 saturated carbocycles. The molecule has 0 saturated heterocycles. The molecule has 1 aliphatic heterocycles. The molecular formula is C15H15N3O3. The van der Waals surface area contributed by atoms with Crippen LogP contribution >= 0.6 is 0 Å². The number of fused-ring (bicyclic) bond motifs is 1. The Labute approximate surface area is 122 Å². The zero-order valence-electron chi connectivity index (χ0n) is 11.6. The van der Waals surface area contributed by atoms with Crippen LogP contribution < -0.4 is 15.0 Å². The molecular weight excluding hydrogens is 270 g/mol. The number of non-ortho nitro benzene ring substituents is 1. The summed E-state index contributed by atoms with van der Waals surface area (Å²) in [4.78, 5) is 12.6. The van der Waals surface area contributed by atoms with Crippen LogP contribution in [0.25, 0.3) is 0 Å². The molecule has 1 N–H and O–H groups in total. The van der Waals surface area contributed by atoms with Gasteiger partial charge in [0.15, 0.2) is 0 Å².